The Labute approximate surface area is 126 Å². The van der Waals surface area contributed by atoms with Crippen molar-refractivity contribution in [2.75, 3.05) is 18.6 Å². The number of ether oxygens (including phenoxy) is 3. The molecule has 4 heterocycles. The maximum Gasteiger partial charge on any atom is 0.275 e. The van der Waals surface area contributed by atoms with E-state index in [9.17, 15) is 9.90 Å². The fraction of sp³-hybridized carbons (Fsp3) is 0.692. The van der Waals surface area contributed by atoms with Crippen LogP contribution in [0.4, 0.5) is 5.82 Å². The van der Waals surface area contributed by atoms with Gasteiger partial charge in [0, 0.05) is 0 Å². The Morgan fingerprint density at radius 2 is 2.18 bits per heavy atom. The zero-order chi connectivity index (χ0) is 15.5. The van der Waals surface area contributed by atoms with Crippen molar-refractivity contribution in [2.45, 2.75) is 44.2 Å². The Morgan fingerprint density at radius 1 is 1.41 bits per heavy atom. The maximum atomic E-state index is 11.8. The quantitative estimate of drug-likeness (QED) is 0.670. The fourth-order valence-electron chi connectivity index (χ4n) is 3.22. The molecule has 120 valence electrons. The van der Waals surface area contributed by atoms with Gasteiger partial charge in [-0.25, -0.2) is 4.98 Å². The number of imidazole rings is 1. The Kier molecular flexibility index (Phi) is 2.95. The zero-order valence-electron chi connectivity index (χ0n) is 12.3. The molecule has 22 heavy (non-hydrogen) atoms. The van der Waals surface area contributed by atoms with Gasteiger partial charge in [0.25, 0.3) is 5.91 Å². The number of hydrogen-bond acceptors (Lipinski definition) is 7. The molecule has 0 aromatic carbocycles. The Morgan fingerprint density at radius 3 is 2.95 bits per heavy atom. The van der Waals surface area contributed by atoms with E-state index in [1.165, 1.54) is 0 Å². The monoisotopic (exact) mass is 310 g/mol. The normalized spacial score (nSPS) is 35.7. The molecule has 0 radical (unpaired) electrons. The lowest BCUT2D eigenvalue weighted by Gasteiger charge is -2.26. The second-order valence-electron chi connectivity index (χ2n) is 6.02. The molecule has 9 nitrogen and oxygen atoms in total. The second kappa shape index (κ2) is 4.66. The van der Waals surface area contributed by atoms with Gasteiger partial charge in [-0.05, 0) is 13.8 Å². The third kappa shape index (κ3) is 1.93. The topological polar surface area (TPSA) is 107 Å². The van der Waals surface area contributed by atoms with E-state index in [0.717, 1.165) is 0 Å². The second-order valence-corrected chi connectivity index (χ2v) is 6.02. The molecule has 2 saturated heterocycles. The van der Waals surface area contributed by atoms with E-state index in [2.05, 4.69) is 15.6 Å². The highest BCUT2D eigenvalue weighted by atomic mass is 16.8. The molecule has 3 N–H and O–H groups in total. The van der Waals surface area contributed by atoms with E-state index in [1.54, 1.807) is 10.9 Å². The molecule has 0 bridgehead atoms. The predicted octanol–water partition coefficient (Wildman–Crippen LogP) is -0.594. The molecular weight excluding hydrogens is 292 g/mol. The first-order chi connectivity index (χ1) is 10.5. The summed E-state index contributed by atoms with van der Waals surface area (Å²) >= 11 is 0. The molecule has 0 aliphatic carbocycles. The lowest BCUT2D eigenvalue weighted by molar-refractivity contribution is -0.199. The molecule has 1 aromatic rings. The zero-order valence-corrected chi connectivity index (χ0v) is 12.3. The third-order valence-electron chi connectivity index (χ3n) is 4.09. The van der Waals surface area contributed by atoms with Gasteiger partial charge in [0.05, 0.1) is 19.6 Å². The minimum absolute atomic E-state index is 0.165. The van der Waals surface area contributed by atoms with Crippen LogP contribution in [0, 0.1) is 0 Å². The molecular formula is C13H18N4O5. The highest BCUT2D eigenvalue weighted by molar-refractivity contribution is 5.98. The summed E-state index contributed by atoms with van der Waals surface area (Å²) in [6, 6.07) is 0. The van der Waals surface area contributed by atoms with Gasteiger partial charge >= 0.3 is 0 Å². The first kappa shape index (κ1) is 13.9. The van der Waals surface area contributed by atoms with Crippen LogP contribution in [-0.2, 0) is 14.2 Å². The van der Waals surface area contributed by atoms with Crippen LogP contribution in [-0.4, -0.2) is 57.9 Å². The molecule has 3 aliphatic heterocycles. The number of aromatic nitrogens is 2. The van der Waals surface area contributed by atoms with Crippen LogP contribution >= 0.6 is 0 Å². The predicted molar refractivity (Wildman–Crippen MR) is 73.0 cm³/mol. The van der Waals surface area contributed by atoms with E-state index < -0.39 is 18.1 Å². The average molecular weight is 310 g/mol. The minimum atomic E-state index is -0.740. The minimum Gasteiger partial charge on any atom is -0.394 e. The van der Waals surface area contributed by atoms with Crippen LogP contribution < -0.4 is 10.6 Å². The average Bonchev–Trinajstić information content (AvgIpc) is 3.10. The summed E-state index contributed by atoms with van der Waals surface area (Å²) in [6.45, 7) is 3.81. The van der Waals surface area contributed by atoms with Crippen LogP contribution in [0.5, 0.6) is 0 Å². The number of rotatable bonds is 2. The van der Waals surface area contributed by atoms with Crippen LogP contribution in [0.15, 0.2) is 6.33 Å². The summed E-state index contributed by atoms with van der Waals surface area (Å²) < 4.78 is 19.3. The summed E-state index contributed by atoms with van der Waals surface area (Å²) in [5.74, 6) is -0.389. The highest BCUT2D eigenvalue weighted by Crippen LogP contribution is 2.44. The third-order valence-corrected chi connectivity index (χ3v) is 4.09. The number of carbonyl (C=O) groups is 1. The number of anilines is 1. The summed E-state index contributed by atoms with van der Waals surface area (Å²) in [5, 5.41) is 15.3. The number of amides is 1. The number of hydrogen-bond donors (Lipinski definition) is 3. The van der Waals surface area contributed by atoms with E-state index in [4.69, 9.17) is 14.2 Å². The van der Waals surface area contributed by atoms with Gasteiger partial charge in [0.15, 0.2) is 17.7 Å². The number of fused-ring (bicyclic) bond motifs is 2. The fourth-order valence-corrected chi connectivity index (χ4v) is 3.22. The first-order valence-electron chi connectivity index (χ1n) is 7.21. The van der Waals surface area contributed by atoms with Gasteiger partial charge in [-0.3, -0.25) is 9.36 Å². The van der Waals surface area contributed by atoms with Crippen molar-refractivity contribution < 1.29 is 24.1 Å². The van der Waals surface area contributed by atoms with E-state index >= 15 is 0 Å². The van der Waals surface area contributed by atoms with E-state index in [1.807, 2.05) is 13.8 Å². The van der Waals surface area contributed by atoms with Gasteiger partial charge in [-0.1, -0.05) is 0 Å². The van der Waals surface area contributed by atoms with Gasteiger partial charge in [0.2, 0.25) is 0 Å². The SMILES string of the molecule is CC1(C)OC2C(CO)OC(n3cnc4c3NCNC4=O)C2O1. The van der Waals surface area contributed by atoms with Crippen LogP contribution in [0.25, 0.3) is 0 Å². The van der Waals surface area contributed by atoms with Crippen molar-refractivity contribution in [3.05, 3.63) is 12.0 Å². The summed E-state index contributed by atoms with van der Waals surface area (Å²) in [7, 11) is 0. The summed E-state index contributed by atoms with van der Waals surface area (Å²) in [4.78, 5) is 15.9. The number of carbonyl (C=O) groups excluding carboxylic acids is 1. The Hall–Kier alpha value is -1.68. The van der Waals surface area contributed by atoms with E-state index in [-0.39, 0.29) is 24.7 Å². The van der Waals surface area contributed by atoms with Crippen molar-refractivity contribution in [3.63, 3.8) is 0 Å². The van der Waals surface area contributed by atoms with Crippen LogP contribution in [0.2, 0.25) is 0 Å². The molecule has 4 atom stereocenters. The molecule has 1 amide bonds. The lowest BCUT2D eigenvalue weighted by Crippen LogP contribution is -2.36. The molecule has 4 rings (SSSR count). The molecule has 2 fully saturated rings. The number of nitrogens with one attached hydrogen (secondary N) is 2. The van der Waals surface area contributed by atoms with E-state index in [0.29, 0.717) is 18.2 Å². The van der Waals surface area contributed by atoms with Crippen molar-refractivity contribution in [3.8, 4) is 0 Å². The summed E-state index contributed by atoms with van der Waals surface area (Å²) in [6.07, 6.45) is -0.192. The number of nitrogens with zero attached hydrogens (tertiary/aromatic N) is 2. The highest BCUT2D eigenvalue weighted by Gasteiger charge is 2.56. The molecule has 4 unspecified atom stereocenters. The maximum absolute atomic E-state index is 11.8. The van der Waals surface area contributed by atoms with Gasteiger partial charge < -0.3 is 30.0 Å². The van der Waals surface area contributed by atoms with Crippen LogP contribution in [0.3, 0.4) is 0 Å². The molecule has 3 aliphatic rings. The number of aliphatic hydroxyl groups excluding tert-OH is 1. The molecule has 0 saturated carbocycles. The molecule has 1 aromatic heterocycles. The van der Waals surface area contributed by atoms with Crippen molar-refractivity contribution >= 4 is 11.7 Å². The standard InChI is InChI=1S/C13H18N4O5/c1-13(2)21-8-6(3-18)20-12(9(8)22-13)17-5-16-7-10(17)14-4-15-11(7)19/h5-6,8-9,12,14,18H,3-4H2,1-2H3,(H,15,19). The number of aliphatic hydroxyl groups is 1. The van der Waals surface area contributed by atoms with Crippen molar-refractivity contribution in [1.29, 1.82) is 0 Å². The summed E-state index contributed by atoms with van der Waals surface area (Å²) in [5.41, 5.74) is 0.317. The van der Waals surface area contributed by atoms with Crippen molar-refractivity contribution in [1.82, 2.24) is 14.9 Å². The van der Waals surface area contributed by atoms with Gasteiger partial charge in [-0.2, -0.15) is 0 Å². The molecule has 0 spiro atoms. The van der Waals surface area contributed by atoms with Crippen molar-refractivity contribution in [2.24, 2.45) is 0 Å². The Balaban J connectivity index is 1.70. The Bertz CT molecular complexity index is 616. The lowest BCUT2D eigenvalue weighted by atomic mass is 10.1. The first-order valence-corrected chi connectivity index (χ1v) is 7.21. The smallest absolute Gasteiger partial charge is 0.275 e. The largest absolute Gasteiger partial charge is 0.394 e. The van der Waals surface area contributed by atoms with Gasteiger partial charge in [0.1, 0.15) is 24.1 Å². The van der Waals surface area contributed by atoms with Crippen LogP contribution in [0.1, 0.15) is 30.6 Å². The van der Waals surface area contributed by atoms with Gasteiger partial charge in [-0.15, -0.1) is 0 Å². The molecule has 9 heteroatoms.